The molecule has 0 N–H and O–H groups in total. The SMILES string of the molecule is CCOC(=O)/C=C/c1ccc(C(F)(F)F)cn1. The van der Waals surface area contributed by atoms with Crippen LogP contribution in [-0.2, 0) is 15.7 Å². The zero-order valence-electron chi connectivity index (χ0n) is 8.99. The summed E-state index contributed by atoms with van der Waals surface area (Å²) in [7, 11) is 0. The van der Waals surface area contributed by atoms with Gasteiger partial charge in [0.25, 0.3) is 0 Å². The fourth-order valence-electron chi connectivity index (χ4n) is 1.02. The number of aromatic nitrogens is 1. The van der Waals surface area contributed by atoms with Crippen LogP contribution in [0, 0.1) is 0 Å². The average molecular weight is 245 g/mol. The molecule has 1 aromatic rings. The Morgan fingerprint density at radius 1 is 1.47 bits per heavy atom. The molecular weight excluding hydrogens is 235 g/mol. The van der Waals surface area contributed by atoms with Crippen LogP contribution in [0.3, 0.4) is 0 Å². The molecule has 1 aromatic heterocycles. The molecule has 1 rings (SSSR count). The minimum Gasteiger partial charge on any atom is -0.463 e. The van der Waals surface area contributed by atoms with E-state index in [0.717, 1.165) is 12.1 Å². The molecule has 0 unspecified atom stereocenters. The number of carbonyl (C=O) groups excluding carboxylic acids is 1. The van der Waals surface area contributed by atoms with Crippen molar-refractivity contribution in [3.05, 3.63) is 35.7 Å². The summed E-state index contributed by atoms with van der Waals surface area (Å²) in [6, 6.07) is 2.08. The van der Waals surface area contributed by atoms with Crippen LogP contribution in [0.1, 0.15) is 18.2 Å². The number of alkyl halides is 3. The molecule has 0 bridgehead atoms. The molecule has 0 fully saturated rings. The van der Waals surface area contributed by atoms with Gasteiger partial charge in [-0.05, 0) is 25.1 Å². The van der Waals surface area contributed by atoms with Crippen LogP contribution in [-0.4, -0.2) is 17.6 Å². The molecule has 0 aromatic carbocycles. The highest BCUT2D eigenvalue weighted by Crippen LogP contribution is 2.28. The van der Waals surface area contributed by atoms with E-state index < -0.39 is 17.7 Å². The Labute approximate surface area is 95.9 Å². The van der Waals surface area contributed by atoms with Crippen LogP contribution in [0.15, 0.2) is 24.4 Å². The molecule has 3 nitrogen and oxygen atoms in total. The molecule has 0 atom stereocenters. The molecular formula is C11H10F3NO2. The van der Waals surface area contributed by atoms with Gasteiger partial charge in [0, 0.05) is 12.3 Å². The number of hydrogen-bond acceptors (Lipinski definition) is 3. The van der Waals surface area contributed by atoms with Gasteiger partial charge in [-0.25, -0.2) is 4.79 Å². The Morgan fingerprint density at radius 2 is 2.18 bits per heavy atom. The summed E-state index contributed by atoms with van der Waals surface area (Å²) in [6.07, 6.45) is -1.29. The van der Waals surface area contributed by atoms with Crippen molar-refractivity contribution in [2.45, 2.75) is 13.1 Å². The standard InChI is InChI=1S/C11H10F3NO2/c1-2-17-10(16)6-5-9-4-3-8(7-15-9)11(12,13)14/h3-7H,2H2,1H3/b6-5+. The van der Waals surface area contributed by atoms with Crippen molar-refractivity contribution in [1.29, 1.82) is 0 Å². The zero-order chi connectivity index (χ0) is 12.9. The van der Waals surface area contributed by atoms with E-state index in [-0.39, 0.29) is 12.3 Å². The molecule has 92 valence electrons. The summed E-state index contributed by atoms with van der Waals surface area (Å²) < 4.78 is 41.2. The van der Waals surface area contributed by atoms with Crippen LogP contribution in [0.5, 0.6) is 0 Å². The maximum Gasteiger partial charge on any atom is 0.417 e. The lowest BCUT2D eigenvalue weighted by atomic mass is 10.2. The molecule has 0 saturated heterocycles. The lowest BCUT2D eigenvalue weighted by Crippen LogP contribution is -2.05. The van der Waals surface area contributed by atoms with Crippen molar-refractivity contribution >= 4 is 12.0 Å². The van der Waals surface area contributed by atoms with E-state index in [1.807, 2.05) is 0 Å². The lowest BCUT2D eigenvalue weighted by Gasteiger charge is -2.05. The van der Waals surface area contributed by atoms with Crippen LogP contribution in [0.2, 0.25) is 0 Å². The van der Waals surface area contributed by atoms with Gasteiger partial charge in [-0.1, -0.05) is 0 Å². The third kappa shape index (κ3) is 4.26. The Balaban J connectivity index is 2.72. The normalized spacial score (nSPS) is 11.8. The monoisotopic (exact) mass is 245 g/mol. The minimum absolute atomic E-state index is 0.240. The van der Waals surface area contributed by atoms with Crippen molar-refractivity contribution in [2.75, 3.05) is 6.61 Å². The second-order valence-corrected chi connectivity index (χ2v) is 3.05. The summed E-state index contributed by atoms with van der Waals surface area (Å²) in [5, 5.41) is 0. The first-order valence-corrected chi connectivity index (χ1v) is 4.81. The molecule has 1 heterocycles. The number of hydrogen-bond donors (Lipinski definition) is 0. The number of carbonyl (C=O) groups is 1. The van der Waals surface area contributed by atoms with Gasteiger partial charge in [0.2, 0.25) is 0 Å². The van der Waals surface area contributed by atoms with Gasteiger partial charge in [0.15, 0.2) is 0 Å². The Hall–Kier alpha value is -1.85. The van der Waals surface area contributed by atoms with Gasteiger partial charge in [-0.2, -0.15) is 13.2 Å². The smallest absolute Gasteiger partial charge is 0.417 e. The molecule has 0 aliphatic heterocycles. The number of nitrogens with zero attached hydrogens (tertiary/aromatic N) is 1. The van der Waals surface area contributed by atoms with E-state index >= 15 is 0 Å². The van der Waals surface area contributed by atoms with Crippen molar-refractivity contribution in [2.24, 2.45) is 0 Å². The quantitative estimate of drug-likeness (QED) is 0.607. The number of halogens is 3. The van der Waals surface area contributed by atoms with Crippen LogP contribution in [0.25, 0.3) is 6.08 Å². The first-order valence-electron chi connectivity index (χ1n) is 4.81. The third-order valence-electron chi connectivity index (χ3n) is 1.79. The molecule has 17 heavy (non-hydrogen) atoms. The van der Waals surface area contributed by atoms with Gasteiger partial charge in [-0.15, -0.1) is 0 Å². The summed E-state index contributed by atoms with van der Waals surface area (Å²) in [5.74, 6) is -0.561. The van der Waals surface area contributed by atoms with E-state index in [0.29, 0.717) is 6.20 Å². The van der Waals surface area contributed by atoms with Crippen LogP contribution < -0.4 is 0 Å². The summed E-state index contributed by atoms with van der Waals surface area (Å²) >= 11 is 0. The Morgan fingerprint density at radius 3 is 2.65 bits per heavy atom. The van der Waals surface area contributed by atoms with Crippen LogP contribution >= 0.6 is 0 Å². The lowest BCUT2D eigenvalue weighted by molar-refractivity contribution is -0.138. The first kappa shape index (κ1) is 13.2. The Kier molecular flexibility index (Phi) is 4.25. The van der Waals surface area contributed by atoms with Crippen molar-refractivity contribution in [3.63, 3.8) is 0 Å². The zero-order valence-corrected chi connectivity index (χ0v) is 8.99. The fraction of sp³-hybridized carbons (Fsp3) is 0.273. The molecule has 0 amide bonds. The molecule has 0 saturated carbocycles. The van der Waals surface area contributed by atoms with Crippen molar-refractivity contribution < 1.29 is 22.7 Å². The number of rotatable bonds is 3. The van der Waals surface area contributed by atoms with E-state index in [9.17, 15) is 18.0 Å². The largest absolute Gasteiger partial charge is 0.463 e. The predicted molar refractivity (Wildman–Crippen MR) is 54.9 cm³/mol. The van der Waals surface area contributed by atoms with E-state index in [2.05, 4.69) is 9.72 Å². The molecule has 0 radical (unpaired) electrons. The van der Waals surface area contributed by atoms with Crippen molar-refractivity contribution in [1.82, 2.24) is 4.98 Å². The van der Waals surface area contributed by atoms with E-state index in [4.69, 9.17) is 0 Å². The summed E-state index contributed by atoms with van der Waals surface area (Å²) in [5.41, 5.74) is -0.572. The topological polar surface area (TPSA) is 39.2 Å². The Bertz CT molecular complexity index is 410. The molecule has 0 aliphatic carbocycles. The highest BCUT2D eigenvalue weighted by atomic mass is 19.4. The molecule has 0 aliphatic rings. The number of esters is 1. The van der Waals surface area contributed by atoms with Gasteiger partial charge in [-0.3, -0.25) is 4.98 Å². The minimum atomic E-state index is -4.41. The molecule has 6 heteroatoms. The van der Waals surface area contributed by atoms with E-state index in [1.54, 1.807) is 6.92 Å². The maximum atomic E-state index is 12.2. The van der Waals surface area contributed by atoms with Gasteiger partial charge in [0.1, 0.15) is 0 Å². The van der Waals surface area contributed by atoms with E-state index in [1.165, 1.54) is 12.1 Å². The fourth-order valence-corrected chi connectivity index (χ4v) is 1.02. The number of ether oxygens (including phenoxy) is 1. The average Bonchev–Trinajstić information content (AvgIpc) is 2.26. The van der Waals surface area contributed by atoms with Crippen LogP contribution in [0.4, 0.5) is 13.2 Å². The second-order valence-electron chi connectivity index (χ2n) is 3.05. The highest BCUT2D eigenvalue weighted by Gasteiger charge is 2.30. The first-order chi connectivity index (χ1) is 7.93. The molecule has 0 spiro atoms. The predicted octanol–water partition coefficient (Wildman–Crippen LogP) is 2.68. The maximum absolute atomic E-state index is 12.2. The van der Waals surface area contributed by atoms with Gasteiger partial charge >= 0.3 is 12.1 Å². The highest BCUT2D eigenvalue weighted by molar-refractivity contribution is 5.86. The summed E-state index contributed by atoms with van der Waals surface area (Å²) in [4.78, 5) is 14.5. The van der Waals surface area contributed by atoms with Gasteiger partial charge < -0.3 is 4.74 Å². The second kappa shape index (κ2) is 5.47. The van der Waals surface area contributed by atoms with Gasteiger partial charge in [0.05, 0.1) is 17.9 Å². The number of pyridine rings is 1. The van der Waals surface area contributed by atoms with Crippen molar-refractivity contribution in [3.8, 4) is 0 Å². The third-order valence-corrected chi connectivity index (χ3v) is 1.79. The summed E-state index contributed by atoms with van der Waals surface area (Å²) in [6.45, 7) is 1.89.